The molecule has 2 fully saturated rings. The lowest BCUT2D eigenvalue weighted by Crippen LogP contribution is -2.51. The highest BCUT2D eigenvalue weighted by Gasteiger charge is 2.64. The van der Waals surface area contributed by atoms with Crippen LogP contribution in [0.1, 0.15) is 112 Å². The zero-order valence-corrected chi connectivity index (χ0v) is 21.0. The first-order valence-electron chi connectivity index (χ1n) is 13.2. The summed E-state index contributed by atoms with van der Waals surface area (Å²) in [4.78, 5) is 0. The molecule has 3 nitrogen and oxygen atoms in total. The highest BCUT2D eigenvalue weighted by molar-refractivity contribution is 5.96. The number of hydrogen-bond acceptors (Lipinski definition) is 3. The third-order valence-corrected chi connectivity index (χ3v) is 10.9. The molecule has 0 radical (unpaired) electrons. The van der Waals surface area contributed by atoms with Gasteiger partial charge in [0.25, 0.3) is 0 Å². The summed E-state index contributed by atoms with van der Waals surface area (Å²) in [5.74, 6) is 2.66. The van der Waals surface area contributed by atoms with Crippen molar-refractivity contribution >= 4 is 5.71 Å². The molecule has 0 aliphatic heterocycles. The zero-order valence-electron chi connectivity index (χ0n) is 21.0. The highest BCUT2D eigenvalue weighted by Crippen LogP contribution is 2.70. The largest absolute Gasteiger partial charge is 0.411 e. The molecule has 0 aromatic carbocycles. The fourth-order valence-electron chi connectivity index (χ4n) is 8.71. The molecule has 7 atom stereocenters. The minimum absolute atomic E-state index is 0.101. The predicted octanol–water partition coefficient (Wildman–Crippen LogP) is 7.36. The molecular weight excluding hydrogens is 382 g/mol. The molecule has 4 aliphatic rings. The second kappa shape index (κ2) is 8.19. The van der Waals surface area contributed by atoms with Crippen LogP contribution in [-0.2, 0) is 0 Å². The van der Waals surface area contributed by atoms with Crippen LogP contribution < -0.4 is 0 Å². The third-order valence-electron chi connectivity index (χ3n) is 10.9. The molecule has 3 heteroatoms. The first-order chi connectivity index (χ1) is 14.6. The molecule has 0 spiro atoms. The van der Waals surface area contributed by atoms with Crippen molar-refractivity contribution in [3.8, 4) is 0 Å². The van der Waals surface area contributed by atoms with Crippen LogP contribution in [0, 0.1) is 39.9 Å². The fraction of sp³-hybridized carbons (Fsp3) is 0.893. The molecule has 0 aromatic heterocycles. The lowest BCUT2D eigenvalue weighted by Gasteiger charge is -2.58. The van der Waals surface area contributed by atoms with Gasteiger partial charge in [-0.05, 0) is 92.8 Å². The van der Waals surface area contributed by atoms with Crippen molar-refractivity contribution in [2.75, 3.05) is 0 Å². The molecular formula is C28H47NO2. The number of hydrogen-bond donors (Lipinski definition) is 2. The van der Waals surface area contributed by atoms with E-state index in [0.717, 1.165) is 43.7 Å². The van der Waals surface area contributed by atoms with Crippen LogP contribution in [0.3, 0.4) is 0 Å². The van der Waals surface area contributed by atoms with E-state index in [1.54, 1.807) is 11.1 Å². The van der Waals surface area contributed by atoms with Crippen molar-refractivity contribution in [1.82, 2.24) is 0 Å². The van der Waals surface area contributed by atoms with E-state index >= 15 is 0 Å². The molecule has 0 bridgehead atoms. The van der Waals surface area contributed by atoms with Crippen molar-refractivity contribution in [2.45, 2.75) is 118 Å². The Bertz CT molecular complexity index is 754. The molecule has 4 rings (SSSR count). The molecule has 0 heterocycles. The summed E-state index contributed by atoms with van der Waals surface area (Å²) in [6.45, 7) is 14.6. The first-order valence-corrected chi connectivity index (χ1v) is 13.2. The van der Waals surface area contributed by atoms with Gasteiger partial charge in [-0.1, -0.05) is 70.2 Å². The highest BCUT2D eigenvalue weighted by atomic mass is 16.4. The Labute approximate surface area is 190 Å². The lowest BCUT2D eigenvalue weighted by atomic mass is 9.46. The monoisotopic (exact) mass is 429 g/mol. The van der Waals surface area contributed by atoms with E-state index in [-0.39, 0.29) is 22.3 Å². The van der Waals surface area contributed by atoms with Gasteiger partial charge in [0.2, 0.25) is 0 Å². The van der Waals surface area contributed by atoms with Gasteiger partial charge in [0.1, 0.15) is 0 Å². The number of fused-ring (bicyclic) bond motifs is 4. The zero-order chi connectivity index (χ0) is 22.6. The molecule has 2 saturated carbocycles. The quantitative estimate of drug-likeness (QED) is 0.272. The molecule has 176 valence electrons. The van der Waals surface area contributed by atoms with Gasteiger partial charge in [-0.15, -0.1) is 0 Å². The summed E-state index contributed by atoms with van der Waals surface area (Å²) in [5.41, 5.74) is 4.68. The minimum Gasteiger partial charge on any atom is -0.411 e. The van der Waals surface area contributed by atoms with Crippen LogP contribution in [0.2, 0.25) is 0 Å². The molecule has 0 amide bonds. The van der Waals surface area contributed by atoms with Crippen LogP contribution in [0.15, 0.2) is 16.3 Å². The molecule has 31 heavy (non-hydrogen) atoms. The maximum absolute atomic E-state index is 10.3. The van der Waals surface area contributed by atoms with E-state index in [1.165, 1.54) is 38.5 Å². The second-order valence-electron chi connectivity index (χ2n) is 12.7. The van der Waals surface area contributed by atoms with Gasteiger partial charge in [-0.2, -0.15) is 0 Å². The van der Waals surface area contributed by atoms with Gasteiger partial charge in [0, 0.05) is 5.41 Å². The van der Waals surface area contributed by atoms with E-state index in [2.05, 4.69) is 46.7 Å². The molecule has 0 unspecified atom stereocenters. The van der Waals surface area contributed by atoms with Gasteiger partial charge in [0.15, 0.2) is 0 Å². The Balaban J connectivity index is 1.68. The number of nitrogens with zero attached hydrogens (tertiary/aromatic N) is 1. The first kappa shape index (κ1) is 23.3. The summed E-state index contributed by atoms with van der Waals surface area (Å²) in [7, 11) is 0. The fourth-order valence-corrected chi connectivity index (χ4v) is 8.71. The smallest absolute Gasteiger partial charge is 0.0678 e. The lowest BCUT2D eigenvalue weighted by molar-refractivity contribution is 0.00224. The summed E-state index contributed by atoms with van der Waals surface area (Å²) in [5, 5.41) is 24.5. The SMILES string of the molecule is CC(C)CCC[C@@H](C)[C@H]1CC(=NO)[C@@]2(C)C3=C(CC[C@]12C)[C@@]1(C)CC[C@H](O)C[C@@H]1CC3. The van der Waals surface area contributed by atoms with E-state index in [0.29, 0.717) is 17.8 Å². The average Bonchev–Trinajstić information content (AvgIpc) is 2.95. The van der Waals surface area contributed by atoms with Crippen molar-refractivity contribution in [3.05, 3.63) is 11.1 Å². The van der Waals surface area contributed by atoms with Gasteiger partial charge < -0.3 is 10.3 Å². The van der Waals surface area contributed by atoms with Crippen LogP contribution in [0.4, 0.5) is 0 Å². The number of aliphatic hydroxyl groups is 1. The maximum Gasteiger partial charge on any atom is 0.0678 e. The van der Waals surface area contributed by atoms with Crippen molar-refractivity contribution in [3.63, 3.8) is 0 Å². The predicted molar refractivity (Wildman–Crippen MR) is 128 cm³/mol. The molecule has 0 aromatic rings. The average molecular weight is 430 g/mol. The Morgan fingerprint density at radius 2 is 1.74 bits per heavy atom. The van der Waals surface area contributed by atoms with Crippen molar-refractivity contribution in [1.29, 1.82) is 0 Å². The van der Waals surface area contributed by atoms with Gasteiger partial charge >= 0.3 is 0 Å². The van der Waals surface area contributed by atoms with E-state index < -0.39 is 0 Å². The van der Waals surface area contributed by atoms with Crippen LogP contribution in [0.5, 0.6) is 0 Å². The van der Waals surface area contributed by atoms with E-state index in [1.807, 2.05) is 0 Å². The topological polar surface area (TPSA) is 52.8 Å². The Morgan fingerprint density at radius 1 is 1.00 bits per heavy atom. The van der Waals surface area contributed by atoms with Crippen LogP contribution >= 0.6 is 0 Å². The van der Waals surface area contributed by atoms with Crippen LogP contribution in [-0.4, -0.2) is 22.1 Å². The van der Waals surface area contributed by atoms with Crippen molar-refractivity contribution in [2.24, 2.45) is 45.1 Å². The Morgan fingerprint density at radius 3 is 2.42 bits per heavy atom. The minimum atomic E-state index is -0.109. The summed E-state index contributed by atoms with van der Waals surface area (Å²) in [6.07, 6.45) is 12.5. The van der Waals surface area contributed by atoms with Gasteiger partial charge in [0.05, 0.1) is 11.8 Å². The standard InChI is InChI=1S/C28H47NO2/c1-18(2)8-7-9-19(3)24-17-25(29-31)28(6)23-11-10-20-16-21(30)12-14-26(20,4)22(23)13-15-27(24,28)5/h18-21,24,30-31H,7-17H2,1-6H3/t19-,20+,21+,24-,26+,27-,28-/m1/s1. The number of allylic oxidation sites excluding steroid dienone is 2. The molecule has 4 aliphatic carbocycles. The van der Waals surface area contributed by atoms with E-state index in [9.17, 15) is 10.3 Å². The normalized spacial score (nSPS) is 44.9. The summed E-state index contributed by atoms with van der Waals surface area (Å²) in [6, 6.07) is 0. The third kappa shape index (κ3) is 3.44. The molecule has 2 N–H and O–H groups in total. The Hall–Kier alpha value is -0.830. The van der Waals surface area contributed by atoms with E-state index in [4.69, 9.17) is 0 Å². The Kier molecular flexibility index (Phi) is 6.16. The maximum atomic E-state index is 10.3. The summed E-state index contributed by atoms with van der Waals surface area (Å²) < 4.78 is 0. The van der Waals surface area contributed by atoms with Crippen molar-refractivity contribution < 1.29 is 10.3 Å². The second-order valence-corrected chi connectivity index (χ2v) is 12.7. The molecule has 0 saturated heterocycles. The number of oxime groups is 1. The summed E-state index contributed by atoms with van der Waals surface area (Å²) >= 11 is 0. The van der Waals surface area contributed by atoms with Crippen LogP contribution in [0.25, 0.3) is 0 Å². The number of rotatable bonds is 5. The number of aliphatic hydroxyl groups excluding tert-OH is 1. The van der Waals surface area contributed by atoms with Gasteiger partial charge in [-0.3, -0.25) is 0 Å². The van der Waals surface area contributed by atoms with Gasteiger partial charge in [-0.25, -0.2) is 0 Å².